The molecule has 5 nitrogen and oxygen atoms in total. The maximum Gasteiger partial charge on any atom is 0.244 e. The molecule has 2 N–H and O–H groups in total. The number of nitrogens with zero attached hydrogens (tertiary/aromatic N) is 1. The molecule has 0 aromatic carbocycles. The zero-order valence-corrected chi connectivity index (χ0v) is 12.0. The molecule has 1 saturated carbocycles. The van der Waals surface area contributed by atoms with E-state index in [1.807, 2.05) is 6.92 Å². The van der Waals surface area contributed by atoms with E-state index in [4.69, 9.17) is 0 Å². The summed E-state index contributed by atoms with van der Waals surface area (Å²) in [5.41, 5.74) is 0. The van der Waals surface area contributed by atoms with Gasteiger partial charge in [-0.25, -0.2) is 18.1 Å². The van der Waals surface area contributed by atoms with Crippen molar-refractivity contribution in [2.75, 3.05) is 11.9 Å². The summed E-state index contributed by atoms with van der Waals surface area (Å²) in [7, 11) is -3.49. The Morgan fingerprint density at radius 3 is 2.74 bits per heavy atom. The first kappa shape index (κ1) is 14.3. The zero-order chi connectivity index (χ0) is 13.7. The average Bonchev–Trinajstić information content (AvgIpc) is 2.40. The van der Waals surface area contributed by atoms with Crippen LogP contribution < -0.4 is 10.0 Å². The monoisotopic (exact) mass is 283 g/mol. The molecule has 1 aromatic rings. The molecule has 0 radical (unpaired) electrons. The van der Waals surface area contributed by atoms with E-state index in [0.717, 1.165) is 25.7 Å². The third-order valence-corrected chi connectivity index (χ3v) is 4.88. The highest BCUT2D eigenvalue weighted by molar-refractivity contribution is 7.89. The van der Waals surface area contributed by atoms with Crippen molar-refractivity contribution in [3.63, 3.8) is 0 Å². The number of rotatable bonds is 5. The lowest BCUT2D eigenvalue weighted by atomic mass is 9.96. The molecule has 1 fully saturated rings. The molecule has 19 heavy (non-hydrogen) atoms. The smallest absolute Gasteiger partial charge is 0.244 e. The zero-order valence-electron chi connectivity index (χ0n) is 11.2. The molecular weight excluding hydrogens is 262 g/mol. The Morgan fingerprint density at radius 1 is 1.32 bits per heavy atom. The summed E-state index contributed by atoms with van der Waals surface area (Å²) in [6.07, 6.45) is 6.85. The van der Waals surface area contributed by atoms with E-state index in [2.05, 4.69) is 15.0 Å². The second-order valence-corrected chi connectivity index (χ2v) is 6.52. The lowest BCUT2D eigenvalue weighted by Gasteiger charge is -2.23. The summed E-state index contributed by atoms with van der Waals surface area (Å²) in [5.74, 6) is 0.424. The Morgan fingerprint density at radius 2 is 2.05 bits per heavy atom. The molecule has 0 amide bonds. The normalized spacial score (nSPS) is 17.3. The van der Waals surface area contributed by atoms with Crippen LogP contribution in [0.2, 0.25) is 0 Å². The number of aromatic nitrogens is 1. The fourth-order valence-corrected chi connectivity index (χ4v) is 3.85. The van der Waals surface area contributed by atoms with Crippen LogP contribution in [0.15, 0.2) is 23.2 Å². The molecule has 106 valence electrons. The molecule has 0 bridgehead atoms. The first-order valence-corrected chi connectivity index (χ1v) is 8.33. The molecule has 0 aliphatic heterocycles. The largest absolute Gasteiger partial charge is 0.369 e. The van der Waals surface area contributed by atoms with Gasteiger partial charge in [-0.2, -0.15) is 0 Å². The minimum atomic E-state index is -3.49. The maximum absolute atomic E-state index is 12.4. The number of sulfonamides is 1. The molecular formula is C13H21N3O2S. The van der Waals surface area contributed by atoms with Crippen LogP contribution in [0.3, 0.4) is 0 Å². The van der Waals surface area contributed by atoms with Gasteiger partial charge in [-0.05, 0) is 31.9 Å². The van der Waals surface area contributed by atoms with Gasteiger partial charge in [0.25, 0.3) is 0 Å². The van der Waals surface area contributed by atoms with Gasteiger partial charge < -0.3 is 5.32 Å². The van der Waals surface area contributed by atoms with Gasteiger partial charge in [0.2, 0.25) is 10.0 Å². The van der Waals surface area contributed by atoms with Crippen molar-refractivity contribution in [2.45, 2.75) is 50.0 Å². The molecule has 6 heteroatoms. The lowest BCUT2D eigenvalue weighted by molar-refractivity contribution is 0.412. The first-order chi connectivity index (χ1) is 9.13. The van der Waals surface area contributed by atoms with Gasteiger partial charge in [-0.15, -0.1) is 0 Å². The third-order valence-electron chi connectivity index (χ3n) is 3.33. The molecule has 1 heterocycles. The standard InChI is InChI=1S/C13H21N3O2S/c1-2-14-13-12(9-6-10-15-13)19(17,18)16-11-7-4-3-5-8-11/h6,9-11,16H,2-5,7-8H2,1H3,(H,14,15). The third kappa shape index (κ3) is 3.67. The molecule has 1 aliphatic carbocycles. The Balaban J connectivity index is 2.18. The van der Waals surface area contributed by atoms with Crippen LogP contribution in [0.4, 0.5) is 5.82 Å². The summed E-state index contributed by atoms with van der Waals surface area (Å²) in [5, 5.41) is 2.99. The Bertz CT molecular complexity index is 510. The molecule has 0 saturated heterocycles. The van der Waals surface area contributed by atoms with Crippen molar-refractivity contribution >= 4 is 15.8 Å². The van der Waals surface area contributed by atoms with Gasteiger partial charge in [-0.1, -0.05) is 19.3 Å². The Hall–Kier alpha value is -1.14. The van der Waals surface area contributed by atoms with Gasteiger partial charge in [0.1, 0.15) is 10.7 Å². The fraction of sp³-hybridized carbons (Fsp3) is 0.615. The molecule has 0 spiro atoms. The van der Waals surface area contributed by atoms with Crippen molar-refractivity contribution in [2.24, 2.45) is 0 Å². The predicted octanol–water partition coefficient (Wildman–Crippen LogP) is 2.12. The van der Waals surface area contributed by atoms with Crippen LogP contribution in [0.25, 0.3) is 0 Å². The van der Waals surface area contributed by atoms with E-state index in [-0.39, 0.29) is 10.9 Å². The van der Waals surface area contributed by atoms with Gasteiger partial charge in [0, 0.05) is 18.8 Å². The number of hydrogen-bond donors (Lipinski definition) is 2. The average molecular weight is 283 g/mol. The summed E-state index contributed by atoms with van der Waals surface area (Å²) in [6, 6.07) is 3.31. The number of hydrogen-bond acceptors (Lipinski definition) is 4. The van der Waals surface area contributed by atoms with Gasteiger partial charge >= 0.3 is 0 Å². The lowest BCUT2D eigenvalue weighted by Crippen LogP contribution is -2.36. The fourth-order valence-electron chi connectivity index (χ4n) is 2.41. The van der Waals surface area contributed by atoms with Crippen LogP contribution in [0, 0.1) is 0 Å². The highest BCUT2D eigenvalue weighted by Crippen LogP contribution is 2.22. The van der Waals surface area contributed by atoms with Crippen molar-refractivity contribution in [3.05, 3.63) is 18.3 Å². The van der Waals surface area contributed by atoms with Crippen molar-refractivity contribution < 1.29 is 8.42 Å². The van der Waals surface area contributed by atoms with E-state index in [9.17, 15) is 8.42 Å². The van der Waals surface area contributed by atoms with Crippen LogP contribution in [-0.2, 0) is 10.0 Å². The van der Waals surface area contributed by atoms with E-state index in [0.29, 0.717) is 12.4 Å². The first-order valence-electron chi connectivity index (χ1n) is 6.84. The second-order valence-electron chi connectivity index (χ2n) is 4.84. The Kier molecular flexibility index (Phi) is 4.76. The topological polar surface area (TPSA) is 71.1 Å². The van der Waals surface area contributed by atoms with E-state index < -0.39 is 10.0 Å². The highest BCUT2D eigenvalue weighted by Gasteiger charge is 2.24. The number of pyridine rings is 1. The van der Waals surface area contributed by atoms with Gasteiger partial charge in [0.05, 0.1) is 0 Å². The van der Waals surface area contributed by atoms with Crippen LogP contribution in [0.5, 0.6) is 0 Å². The van der Waals surface area contributed by atoms with E-state index in [1.165, 1.54) is 6.42 Å². The minimum absolute atomic E-state index is 0.0634. The number of anilines is 1. The summed E-state index contributed by atoms with van der Waals surface area (Å²) >= 11 is 0. The summed E-state index contributed by atoms with van der Waals surface area (Å²) < 4.78 is 27.6. The minimum Gasteiger partial charge on any atom is -0.369 e. The predicted molar refractivity (Wildman–Crippen MR) is 75.6 cm³/mol. The maximum atomic E-state index is 12.4. The molecule has 0 unspecified atom stereocenters. The van der Waals surface area contributed by atoms with Crippen molar-refractivity contribution in [1.82, 2.24) is 9.71 Å². The molecule has 1 aromatic heterocycles. The second kappa shape index (κ2) is 6.34. The molecule has 2 rings (SSSR count). The highest BCUT2D eigenvalue weighted by atomic mass is 32.2. The Labute approximate surface area is 114 Å². The summed E-state index contributed by atoms with van der Waals surface area (Å²) in [6.45, 7) is 2.56. The van der Waals surface area contributed by atoms with Crippen molar-refractivity contribution in [1.29, 1.82) is 0 Å². The number of nitrogens with one attached hydrogen (secondary N) is 2. The van der Waals surface area contributed by atoms with Crippen LogP contribution >= 0.6 is 0 Å². The molecule has 0 atom stereocenters. The van der Waals surface area contributed by atoms with Crippen LogP contribution in [0.1, 0.15) is 39.0 Å². The molecule has 1 aliphatic rings. The van der Waals surface area contributed by atoms with Crippen LogP contribution in [-0.4, -0.2) is 26.0 Å². The van der Waals surface area contributed by atoms with Gasteiger partial charge in [-0.3, -0.25) is 0 Å². The van der Waals surface area contributed by atoms with Gasteiger partial charge in [0.15, 0.2) is 0 Å². The van der Waals surface area contributed by atoms with Crippen molar-refractivity contribution in [3.8, 4) is 0 Å². The van der Waals surface area contributed by atoms with E-state index >= 15 is 0 Å². The quantitative estimate of drug-likeness (QED) is 0.868. The summed E-state index contributed by atoms with van der Waals surface area (Å²) in [4.78, 5) is 4.34. The van der Waals surface area contributed by atoms with E-state index in [1.54, 1.807) is 18.3 Å². The SMILES string of the molecule is CCNc1ncccc1S(=O)(=O)NC1CCCCC1.